The minimum absolute atomic E-state index is 0.196. The zero-order chi connectivity index (χ0) is 18.6. The summed E-state index contributed by atoms with van der Waals surface area (Å²) >= 11 is 0. The number of ether oxygens (including phenoxy) is 1. The van der Waals surface area contributed by atoms with Gasteiger partial charge in [-0.15, -0.1) is 0 Å². The van der Waals surface area contributed by atoms with Gasteiger partial charge in [0, 0.05) is 37.8 Å². The molecule has 0 saturated carbocycles. The number of aryl methyl sites for hydroxylation is 1. The van der Waals surface area contributed by atoms with Gasteiger partial charge in [0.2, 0.25) is 0 Å². The first-order valence-electron chi connectivity index (χ1n) is 8.54. The van der Waals surface area contributed by atoms with Crippen LogP contribution in [0.4, 0.5) is 0 Å². The van der Waals surface area contributed by atoms with Gasteiger partial charge in [-0.1, -0.05) is 0 Å². The fraction of sp³-hybridized carbons (Fsp3) is 0.750. The maximum Gasteiger partial charge on any atom is 0.333 e. The molecule has 0 spiro atoms. The van der Waals surface area contributed by atoms with Crippen molar-refractivity contribution < 1.29 is 14.9 Å². The molecule has 142 valence electrons. The highest BCUT2D eigenvalue weighted by atomic mass is 16.5. The summed E-state index contributed by atoms with van der Waals surface area (Å²) < 4.78 is 8.07. The Hall–Kier alpha value is -1.52. The van der Waals surface area contributed by atoms with Crippen molar-refractivity contribution in [2.75, 3.05) is 33.3 Å². The van der Waals surface area contributed by atoms with E-state index in [0.717, 1.165) is 13.1 Å². The molecule has 0 bridgehead atoms. The molecule has 1 aromatic heterocycles. The van der Waals surface area contributed by atoms with Gasteiger partial charge in [0.1, 0.15) is 12.3 Å². The summed E-state index contributed by atoms with van der Waals surface area (Å²) in [6.45, 7) is 3.66. The van der Waals surface area contributed by atoms with Crippen LogP contribution in [0.1, 0.15) is 24.6 Å². The number of hydrogen-bond donors (Lipinski definition) is 3. The molecule has 9 nitrogen and oxygen atoms in total. The van der Waals surface area contributed by atoms with Gasteiger partial charge in [-0.25, -0.2) is 4.79 Å². The molecule has 25 heavy (non-hydrogen) atoms. The smallest absolute Gasteiger partial charge is 0.333 e. The Bertz CT molecular complexity index is 686. The van der Waals surface area contributed by atoms with Crippen molar-refractivity contribution in [1.82, 2.24) is 14.0 Å². The third-order valence-corrected chi connectivity index (χ3v) is 4.49. The molecular weight excluding hydrogens is 328 g/mol. The van der Waals surface area contributed by atoms with Crippen LogP contribution in [0.2, 0.25) is 0 Å². The van der Waals surface area contributed by atoms with E-state index < -0.39 is 24.1 Å². The van der Waals surface area contributed by atoms with E-state index in [9.17, 15) is 19.8 Å². The fourth-order valence-corrected chi connectivity index (χ4v) is 3.04. The van der Waals surface area contributed by atoms with Crippen LogP contribution in [0.3, 0.4) is 0 Å². The van der Waals surface area contributed by atoms with Crippen molar-refractivity contribution in [2.45, 2.75) is 44.7 Å². The van der Waals surface area contributed by atoms with Gasteiger partial charge < -0.3 is 25.6 Å². The lowest BCUT2D eigenvalue weighted by atomic mass is 10.2. The third kappa shape index (κ3) is 4.56. The summed E-state index contributed by atoms with van der Waals surface area (Å²) in [5.41, 5.74) is 5.15. The predicted molar refractivity (Wildman–Crippen MR) is 92.5 cm³/mol. The zero-order valence-corrected chi connectivity index (χ0v) is 14.8. The van der Waals surface area contributed by atoms with Gasteiger partial charge >= 0.3 is 5.69 Å². The maximum atomic E-state index is 12.7. The van der Waals surface area contributed by atoms with Crippen LogP contribution in [0.25, 0.3) is 0 Å². The van der Waals surface area contributed by atoms with Crippen molar-refractivity contribution >= 4 is 0 Å². The Morgan fingerprint density at radius 3 is 2.72 bits per heavy atom. The first-order chi connectivity index (χ1) is 11.9. The molecule has 2 heterocycles. The minimum Gasteiger partial charge on any atom is -0.394 e. The number of aliphatic hydroxyl groups excluding tert-OH is 2. The summed E-state index contributed by atoms with van der Waals surface area (Å²) in [6, 6.07) is 0. The lowest BCUT2D eigenvalue weighted by Crippen LogP contribution is -2.42. The van der Waals surface area contributed by atoms with Gasteiger partial charge in [0.25, 0.3) is 5.56 Å². The molecule has 1 aliphatic rings. The topological polar surface area (TPSA) is 123 Å². The Morgan fingerprint density at radius 2 is 2.12 bits per heavy atom. The van der Waals surface area contributed by atoms with Crippen LogP contribution in [0, 0.1) is 6.92 Å². The molecule has 0 unspecified atom stereocenters. The molecule has 0 radical (unpaired) electrons. The fourth-order valence-electron chi connectivity index (χ4n) is 3.04. The molecule has 1 aliphatic heterocycles. The molecular formula is C16H28N4O5. The number of aliphatic hydroxyl groups is 2. The zero-order valence-electron chi connectivity index (χ0n) is 14.8. The minimum atomic E-state index is -0.840. The van der Waals surface area contributed by atoms with E-state index in [4.69, 9.17) is 10.5 Å². The van der Waals surface area contributed by atoms with E-state index in [1.54, 1.807) is 6.92 Å². The van der Waals surface area contributed by atoms with Crippen molar-refractivity contribution in [1.29, 1.82) is 0 Å². The van der Waals surface area contributed by atoms with Crippen LogP contribution in [-0.4, -0.2) is 69.7 Å². The summed E-state index contributed by atoms with van der Waals surface area (Å²) in [5, 5.41) is 19.1. The largest absolute Gasteiger partial charge is 0.394 e. The normalized spacial score (nSPS) is 23.5. The summed E-state index contributed by atoms with van der Waals surface area (Å²) in [7, 11) is 1.94. The molecule has 0 amide bonds. The van der Waals surface area contributed by atoms with E-state index in [0.29, 0.717) is 25.1 Å². The van der Waals surface area contributed by atoms with E-state index in [2.05, 4.69) is 0 Å². The molecule has 0 aromatic carbocycles. The lowest BCUT2D eigenvalue weighted by Gasteiger charge is -2.18. The maximum absolute atomic E-state index is 12.7. The van der Waals surface area contributed by atoms with E-state index in [1.807, 2.05) is 11.9 Å². The number of hydrogen-bond acceptors (Lipinski definition) is 7. The van der Waals surface area contributed by atoms with Gasteiger partial charge in [0.15, 0.2) is 0 Å². The molecule has 9 heteroatoms. The Labute approximate surface area is 146 Å². The molecule has 1 aromatic rings. The quantitative estimate of drug-likeness (QED) is 0.504. The average molecular weight is 356 g/mol. The molecule has 1 saturated heterocycles. The Balaban J connectivity index is 2.19. The first kappa shape index (κ1) is 19.8. The first-order valence-corrected chi connectivity index (χ1v) is 8.54. The molecule has 4 N–H and O–H groups in total. The van der Waals surface area contributed by atoms with Crippen molar-refractivity contribution in [3.05, 3.63) is 32.6 Å². The van der Waals surface area contributed by atoms with E-state index in [-0.39, 0.29) is 18.6 Å². The second-order valence-electron chi connectivity index (χ2n) is 6.52. The molecule has 0 aliphatic carbocycles. The van der Waals surface area contributed by atoms with Crippen molar-refractivity contribution in [3.8, 4) is 0 Å². The SMILES string of the molecule is Cc1cn([C@H]2C[C@H](O)[C@@H](CO)O2)c(=O)n(CCCN(C)CCN)c1=O. The van der Waals surface area contributed by atoms with Crippen LogP contribution in [0.15, 0.2) is 15.8 Å². The van der Waals surface area contributed by atoms with Gasteiger partial charge in [-0.3, -0.25) is 13.9 Å². The van der Waals surface area contributed by atoms with Crippen LogP contribution >= 0.6 is 0 Å². The van der Waals surface area contributed by atoms with Crippen LogP contribution in [-0.2, 0) is 11.3 Å². The summed E-state index contributed by atoms with van der Waals surface area (Å²) in [6.07, 6.45) is 0.0451. The average Bonchev–Trinajstić information content (AvgIpc) is 2.95. The third-order valence-electron chi connectivity index (χ3n) is 4.49. The second-order valence-corrected chi connectivity index (χ2v) is 6.52. The second kappa shape index (κ2) is 8.72. The number of nitrogens with zero attached hydrogens (tertiary/aromatic N) is 3. The highest BCUT2D eigenvalue weighted by Crippen LogP contribution is 2.27. The number of likely N-dealkylation sites (N-methyl/N-ethyl adjacent to an activating group) is 1. The number of nitrogens with two attached hydrogens (primary N) is 1. The molecule has 3 atom stereocenters. The summed E-state index contributed by atoms with van der Waals surface area (Å²) in [4.78, 5) is 27.1. The van der Waals surface area contributed by atoms with Gasteiger partial charge in [-0.05, 0) is 26.9 Å². The Kier molecular flexibility index (Phi) is 6.91. The molecule has 1 fully saturated rings. The standard InChI is InChI=1S/C16H28N4O5/c1-11-9-20(14-8-12(22)13(10-21)25-14)16(24)19(15(11)23)6-3-5-18(2)7-4-17/h9,12-14,21-22H,3-8,10,17H2,1-2H3/t12-,13+,14+/m0/s1. The highest BCUT2D eigenvalue weighted by molar-refractivity contribution is 5.04. The monoisotopic (exact) mass is 356 g/mol. The molecule has 2 rings (SSSR count). The van der Waals surface area contributed by atoms with Crippen LogP contribution < -0.4 is 17.0 Å². The van der Waals surface area contributed by atoms with Gasteiger partial charge in [-0.2, -0.15) is 0 Å². The van der Waals surface area contributed by atoms with E-state index >= 15 is 0 Å². The highest BCUT2D eigenvalue weighted by Gasteiger charge is 2.35. The number of aromatic nitrogens is 2. The van der Waals surface area contributed by atoms with E-state index in [1.165, 1.54) is 15.3 Å². The van der Waals surface area contributed by atoms with Crippen LogP contribution in [0.5, 0.6) is 0 Å². The van der Waals surface area contributed by atoms with Crippen molar-refractivity contribution in [2.24, 2.45) is 5.73 Å². The van der Waals surface area contributed by atoms with Gasteiger partial charge in [0.05, 0.1) is 12.7 Å². The Morgan fingerprint density at radius 1 is 1.40 bits per heavy atom. The summed E-state index contributed by atoms with van der Waals surface area (Å²) in [5.74, 6) is 0. The number of rotatable bonds is 8. The lowest BCUT2D eigenvalue weighted by molar-refractivity contribution is -0.0464. The predicted octanol–water partition coefficient (Wildman–Crippen LogP) is -1.76. The van der Waals surface area contributed by atoms with Crippen molar-refractivity contribution in [3.63, 3.8) is 0 Å².